The third-order valence-electron chi connectivity index (χ3n) is 6.79. The molecule has 0 amide bonds. The van der Waals surface area contributed by atoms with E-state index in [2.05, 4.69) is 28.2 Å². The zero-order valence-electron chi connectivity index (χ0n) is 17.0. The normalized spacial score (nSPS) is 20.6. The highest BCUT2D eigenvalue weighted by atomic mass is 35.5. The summed E-state index contributed by atoms with van der Waals surface area (Å²) in [5.74, 6) is 1.59. The Kier molecular flexibility index (Phi) is 8.28. The maximum Gasteiger partial charge on any atom is 0.140 e. The summed E-state index contributed by atoms with van der Waals surface area (Å²) in [7, 11) is 0. The van der Waals surface area contributed by atoms with Crippen molar-refractivity contribution in [3.8, 4) is 0 Å². The van der Waals surface area contributed by atoms with Crippen LogP contribution in [0.5, 0.6) is 0 Å². The Labute approximate surface area is 201 Å². The van der Waals surface area contributed by atoms with Gasteiger partial charge in [0.1, 0.15) is 12.1 Å². The number of hydrogen-bond acceptors (Lipinski definition) is 5. The summed E-state index contributed by atoms with van der Waals surface area (Å²) < 4.78 is 0. The van der Waals surface area contributed by atoms with Gasteiger partial charge in [0.25, 0.3) is 0 Å². The van der Waals surface area contributed by atoms with Gasteiger partial charge < -0.3 is 16.0 Å². The minimum atomic E-state index is 0. The van der Waals surface area contributed by atoms with E-state index in [1.54, 1.807) is 6.33 Å². The Morgan fingerprint density at radius 2 is 1.93 bits per heavy atom. The van der Waals surface area contributed by atoms with Crippen molar-refractivity contribution in [2.24, 2.45) is 5.73 Å². The lowest BCUT2D eigenvalue weighted by molar-refractivity contribution is 0.327. The fourth-order valence-electron chi connectivity index (χ4n) is 5.43. The summed E-state index contributed by atoms with van der Waals surface area (Å²) >= 11 is 6.58. The van der Waals surface area contributed by atoms with Crippen molar-refractivity contribution in [1.82, 2.24) is 15.3 Å². The molecular weight excluding hydrogens is 464 g/mol. The van der Waals surface area contributed by atoms with Crippen LogP contribution in [0, 0.1) is 0 Å². The lowest BCUT2D eigenvalue weighted by Crippen LogP contribution is -2.43. The molecule has 3 heterocycles. The minimum absolute atomic E-state index is 0. The maximum absolute atomic E-state index is 6.58. The summed E-state index contributed by atoms with van der Waals surface area (Å²) in [5, 5.41) is 4.30. The number of nitrogens with one attached hydrogen (secondary N) is 1. The summed E-state index contributed by atoms with van der Waals surface area (Å²) in [4.78, 5) is 11.8. The number of aryl methyl sites for hydroxylation is 1. The van der Waals surface area contributed by atoms with Crippen LogP contribution in [0.1, 0.15) is 54.5 Å². The molecule has 1 atom stereocenters. The molecule has 1 aliphatic carbocycles. The largest absolute Gasteiger partial charge is 0.326 e. The molecule has 166 valence electrons. The minimum Gasteiger partial charge on any atom is -0.326 e. The average Bonchev–Trinajstić information content (AvgIpc) is 3.22. The van der Waals surface area contributed by atoms with Gasteiger partial charge in [-0.3, -0.25) is 0 Å². The molecular formula is C21H29Cl4N5. The van der Waals surface area contributed by atoms with E-state index >= 15 is 0 Å². The van der Waals surface area contributed by atoms with Crippen LogP contribution in [0.25, 0.3) is 0 Å². The Hall–Kier alpha value is -0.820. The Morgan fingerprint density at radius 1 is 1.20 bits per heavy atom. The lowest BCUT2D eigenvalue weighted by Gasteiger charge is -2.36. The number of nitrogens with zero attached hydrogens (tertiary/aromatic N) is 3. The smallest absolute Gasteiger partial charge is 0.140 e. The fraction of sp³-hybridized carbons (Fsp3) is 0.524. The summed E-state index contributed by atoms with van der Waals surface area (Å²) in [6.07, 6.45) is 6.15. The van der Waals surface area contributed by atoms with Crippen LogP contribution >= 0.6 is 48.8 Å². The second kappa shape index (κ2) is 9.76. The van der Waals surface area contributed by atoms with E-state index in [0.717, 1.165) is 61.7 Å². The van der Waals surface area contributed by atoms with Crippen molar-refractivity contribution >= 4 is 60.3 Å². The van der Waals surface area contributed by atoms with Gasteiger partial charge in [-0.15, -0.1) is 37.2 Å². The highest BCUT2D eigenvalue weighted by molar-refractivity contribution is 6.31. The topological polar surface area (TPSA) is 67.1 Å². The summed E-state index contributed by atoms with van der Waals surface area (Å²) in [5.41, 5.74) is 12.5. The molecule has 3 N–H and O–H groups in total. The van der Waals surface area contributed by atoms with Crippen molar-refractivity contribution < 1.29 is 0 Å². The second-order valence-electron chi connectivity index (χ2n) is 8.24. The van der Waals surface area contributed by atoms with E-state index < -0.39 is 0 Å². The molecule has 2 aliphatic heterocycles. The molecule has 30 heavy (non-hydrogen) atoms. The second-order valence-corrected chi connectivity index (χ2v) is 8.65. The van der Waals surface area contributed by atoms with Crippen molar-refractivity contribution in [1.29, 1.82) is 0 Å². The monoisotopic (exact) mass is 491 g/mol. The van der Waals surface area contributed by atoms with E-state index in [9.17, 15) is 0 Å². The number of nitrogens with two attached hydrogens (primary N) is 1. The maximum atomic E-state index is 6.58. The number of fused-ring (bicyclic) bond motifs is 3. The zero-order chi connectivity index (χ0) is 18.6. The van der Waals surface area contributed by atoms with Gasteiger partial charge in [0.05, 0.1) is 0 Å². The molecule has 1 fully saturated rings. The first-order valence-corrected chi connectivity index (χ1v) is 10.4. The van der Waals surface area contributed by atoms with Crippen molar-refractivity contribution in [3.05, 3.63) is 45.9 Å². The number of piperidine rings is 1. The Bertz CT molecular complexity index is 901. The highest BCUT2D eigenvalue weighted by Crippen LogP contribution is 2.52. The molecule has 0 unspecified atom stereocenters. The molecule has 0 saturated carbocycles. The van der Waals surface area contributed by atoms with Crippen LogP contribution in [0.15, 0.2) is 18.5 Å². The molecule has 1 saturated heterocycles. The van der Waals surface area contributed by atoms with Gasteiger partial charge in [-0.1, -0.05) is 18.5 Å². The summed E-state index contributed by atoms with van der Waals surface area (Å²) in [6, 6.07) is 4.17. The number of aromatic nitrogens is 2. The molecule has 9 heteroatoms. The van der Waals surface area contributed by atoms with Gasteiger partial charge >= 0.3 is 0 Å². The third kappa shape index (κ3) is 3.78. The molecule has 1 spiro atoms. The van der Waals surface area contributed by atoms with Gasteiger partial charge in [0.15, 0.2) is 0 Å². The van der Waals surface area contributed by atoms with Crippen molar-refractivity contribution in [3.63, 3.8) is 0 Å². The van der Waals surface area contributed by atoms with Gasteiger partial charge in [0.2, 0.25) is 0 Å². The molecule has 5 nitrogen and oxygen atoms in total. The SMILES string of the molecule is C[C@@H]1CCc2ncnc(N3CC4(CCNCC4)c4c3ccc(Cl)c4CN)c21.Cl.Cl.Cl. The molecule has 3 aliphatic rings. The van der Waals surface area contributed by atoms with Gasteiger partial charge in [0, 0.05) is 40.5 Å². The van der Waals surface area contributed by atoms with Crippen LogP contribution in [0.3, 0.4) is 0 Å². The molecule has 2 aromatic rings. The number of benzene rings is 1. The van der Waals surface area contributed by atoms with Crippen LogP contribution in [0.2, 0.25) is 5.02 Å². The van der Waals surface area contributed by atoms with Gasteiger partial charge in [-0.25, -0.2) is 9.97 Å². The van der Waals surface area contributed by atoms with Gasteiger partial charge in [-0.2, -0.15) is 0 Å². The number of halogens is 4. The van der Waals surface area contributed by atoms with E-state index in [1.807, 2.05) is 6.07 Å². The molecule has 1 aromatic heterocycles. The Morgan fingerprint density at radius 3 is 2.63 bits per heavy atom. The van der Waals surface area contributed by atoms with E-state index in [-0.39, 0.29) is 42.6 Å². The van der Waals surface area contributed by atoms with E-state index in [4.69, 9.17) is 22.3 Å². The summed E-state index contributed by atoms with van der Waals surface area (Å²) in [6.45, 7) is 5.78. The van der Waals surface area contributed by atoms with Crippen LogP contribution in [-0.4, -0.2) is 29.6 Å². The number of anilines is 2. The quantitative estimate of drug-likeness (QED) is 0.637. The highest BCUT2D eigenvalue weighted by Gasteiger charge is 2.46. The molecule has 0 bridgehead atoms. The zero-order valence-corrected chi connectivity index (χ0v) is 20.2. The lowest BCUT2D eigenvalue weighted by atomic mass is 9.73. The van der Waals surface area contributed by atoms with Crippen LogP contribution in [0.4, 0.5) is 11.5 Å². The average molecular weight is 493 g/mol. The molecule has 5 rings (SSSR count). The third-order valence-corrected chi connectivity index (χ3v) is 7.14. The molecule has 1 aromatic carbocycles. The van der Waals surface area contributed by atoms with Crippen molar-refractivity contribution in [2.75, 3.05) is 24.5 Å². The van der Waals surface area contributed by atoms with E-state index in [1.165, 1.54) is 22.5 Å². The van der Waals surface area contributed by atoms with Crippen LogP contribution in [-0.2, 0) is 18.4 Å². The van der Waals surface area contributed by atoms with Crippen LogP contribution < -0.4 is 16.0 Å². The molecule has 0 radical (unpaired) electrons. The van der Waals surface area contributed by atoms with Crippen molar-refractivity contribution in [2.45, 2.75) is 50.5 Å². The standard InChI is InChI=1S/C21H26ClN5.3ClH/c1-13-2-4-16-18(13)20(26-12-25-16)27-11-21(6-8-24-9-7-21)19-14(10-23)15(22)3-5-17(19)27;;;/h3,5,12-13,24H,2,4,6-11,23H2,1H3;3*1H/t13-;;;/m1.../s1. The fourth-order valence-corrected chi connectivity index (χ4v) is 5.67. The van der Waals surface area contributed by atoms with E-state index in [0.29, 0.717) is 12.5 Å². The Balaban J connectivity index is 0.00000107. The number of hydrogen-bond donors (Lipinski definition) is 2. The first-order chi connectivity index (χ1) is 13.1. The predicted octanol–water partition coefficient (Wildman–Crippen LogP) is 4.68. The first-order valence-electron chi connectivity index (χ1n) is 9.98. The van der Waals surface area contributed by atoms with Gasteiger partial charge in [-0.05, 0) is 68.0 Å². The number of rotatable bonds is 2. The predicted molar refractivity (Wildman–Crippen MR) is 131 cm³/mol. The first kappa shape index (κ1) is 25.4.